The van der Waals surface area contributed by atoms with Gasteiger partial charge < -0.3 is 39.4 Å². The summed E-state index contributed by atoms with van der Waals surface area (Å²) in [5.41, 5.74) is 0. The number of esters is 2. The molecule has 0 bridgehead atoms. The van der Waals surface area contributed by atoms with Crippen molar-refractivity contribution in [3.63, 3.8) is 0 Å². The Hall–Kier alpha value is -1.30. The molecule has 10 nitrogen and oxygen atoms in total. The van der Waals surface area contributed by atoms with E-state index >= 15 is 0 Å². The Kier molecular flexibility index (Phi) is 20.5. The van der Waals surface area contributed by atoms with Gasteiger partial charge in [0, 0.05) is 12.8 Å². The maximum Gasteiger partial charge on any atom is 0.306 e. The fraction of sp³-hybridized carbons (Fsp3) is 0.931. The van der Waals surface area contributed by atoms with Gasteiger partial charge in [-0.2, -0.15) is 0 Å². The molecular formula is C29H54O10. The third-order valence-corrected chi connectivity index (χ3v) is 6.99. The molecule has 0 aromatic heterocycles. The molecule has 10 heteroatoms. The molecule has 0 unspecified atom stereocenters. The van der Waals surface area contributed by atoms with Gasteiger partial charge in [-0.25, -0.2) is 0 Å². The molecule has 0 aromatic rings. The number of rotatable bonds is 23. The van der Waals surface area contributed by atoms with E-state index in [-0.39, 0.29) is 32.0 Å². The maximum absolute atomic E-state index is 12.5. The molecule has 1 fully saturated rings. The molecule has 39 heavy (non-hydrogen) atoms. The number of carbonyl (C=O) groups excluding carboxylic acids is 2. The zero-order chi connectivity index (χ0) is 28.9. The topological polar surface area (TPSA) is 152 Å². The molecule has 0 aliphatic carbocycles. The fourth-order valence-electron chi connectivity index (χ4n) is 4.48. The lowest BCUT2D eigenvalue weighted by molar-refractivity contribution is -0.305. The number of aliphatic hydroxyl groups excluding tert-OH is 4. The minimum Gasteiger partial charge on any atom is -0.462 e. The molecule has 6 atom stereocenters. The molecule has 0 saturated carbocycles. The van der Waals surface area contributed by atoms with Crippen molar-refractivity contribution in [1.29, 1.82) is 0 Å². The van der Waals surface area contributed by atoms with E-state index in [4.69, 9.17) is 18.9 Å². The Bertz CT molecular complexity index is 629. The highest BCUT2D eigenvalue weighted by Gasteiger charge is 2.44. The van der Waals surface area contributed by atoms with E-state index in [1.54, 1.807) is 0 Å². The quantitative estimate of drug-likeness (QED) is 0.107. The van der Waals surface area contributed by atoms with Crippen LogP contribution in [0.2, 0.25) is 0 Å². The number of ether oxygens (including phenoxy) is 4. The van der Waals surface area contributed by atoms with Crippen molar-refractivity contribution < 1.29 is 49.0 Å². The van der Waals surface area contributed by atoms with E-state index in [2.05, 4.69) is 13.8 Å². The van der Waals surface area contributed by atoms with Crippen LogP contribution in [0.4, 0.5) is 0 Å². The zero-order valence-corrected chi connectivity index (χ0v) is 24.1. The normalized spacial score (nSPS) is 23.9. The Balaban J connectivity index is 2.52. The van der Waals surface area contributed by atoms with Gasteiger partial charge in [-0.1, -0.05) is 90.9 Å². The van der Waals surface area contributed by atoms with Crippen molar-refractivity contribution >= 4 is 11.9 Å². The van der Waals surface area contributed by atoms with Gasteiger partial charge in [0.05, 0.1) is 13.2 Å². The average Bonchev–Trinajstić information content (AvgIpc) is 2.93. The summed E-state index contributed by atoms with van der Waals surface area (Å²) in [5.74, 6) is -0.821. The minimum atomic E-state index is -1.58. The van der Waals surface area contributed by atoms with Crippen molar-refractivity contribution in [2.24, 2.45) is 0 Å². The second kappa shape index (κ2) is 22.4. The van der Waals surface area contributed by atoms with Gasteiger partial charge >= 0.3 is 11.9 Å². The number of carbonyl (C=O) groups is 2. The Morgan fingerprint density at radius 1 is 0.692 bits per heavy atom. The fourth-order valence-corrected chi connectivity index (χ4v) is 4.48. The van der Waals surface area contributed by atoms with E-state index < -0.39 is 49.4 Å². The first kappa shape index (κ1) is 35.7. The first-order valence-corrected chi connectivity index (χ1v) is 15.1. The van der Waals surface area contributed by atoms with Gasteiger partial charge in [-0.3, -0.25) is 9.59 Å². The lowest BCUT2D eigenvalue weighted by Crippen LogP contribution is -2.59. The van der Waals surface area contributed by atoms with Gasteiger partial charge in [0.1, 0.15) is 31.0 Å². The molecule has 230 valence electrons. The van der Waals surface area contributed by atoms with Crippen LogP contribution < -0.4 is 0 Å². The molecule has 1 aliphatic rings. The molecule has 1 heterocycles. The molecular weight excluding hydrogens is 508 g/mol. The second-order valence-corrected chi connectivity index (χ2v) is 10.6. The molecule has 0 amide bonds. The molecule has 0 radical (unpaired) electrons. The molecule has 4 N–H and O–H groups in total. The smallest absolute Gasteiger partial charge is 0.306 e. The van der Waals surface area contributed by atoms with E-state index in [0.717, 1.165) is 44.9 Å². The van der Waals surface area contributed by atoms with Crippen molar-refractivity contribution in [3.05, 3.63) is 0 Å². The zero-order valence-electron chi connectivity index (χ0n) is 24.1. The summed E-state index contributed by atoms with van der Waals surface area (Å²) in [7, 11) is 0. The molecule has 1 aliphatic heterocycles. The van der Waals surface area contributed by atoms with Crippen LogP contribution in [0, 0.1) is 0 Å². The first-order valence-electron chi connectivity index (χ1n) is 15.1. The van der Waals surface area contributed by atoms with Crippen molar-refractivity contribution in [3.8, 4) is 0 Å². The van der Waals surface area contributed by atoms with Gasteiger partial charge in [0.15, 0.2) is 12.4 Å². The third-order valence-electron chi connectivity index (χ3n) is 6.99. The predicted octanol–water partition coefficient (Wildman–Crippen LogP) is 3.54. The summed E-state index contributed by atoms with van der Waals surface area (Å²) in [6.07, 6.45) is 7.41. The summed E-state index contributed by atoms with van der Waals surface area (Å²) in [6.45, 7) is 3.27. The van der Waals surface area contributed by atoms with Gasteiger partial charge in [0.25, 0.3) is 0 Å². The number of unbranched alkanes of at least 4 members (excludes halogenated alkanes) is 12. The van der Waals surface area contributed by atoms with Gasteiger partial charge in [-0.15, -0.1) is 0 Å². The van der Waals surface area contributed by atoms with Crippen LogP contribution in [0.15, 0.2) is 0 Å². The first-order chi connectivity index (χ1) is 18.8. The van der Waals surface area contributed by atoms with Crippen LogP contribution in [0.5, 0.6) is 0 Å². The number of hydrogen-bond acceptors (Lipinski definition) is 10. The minimum absolute atomic E-state index is 0.213. The van der Waals surface area contributed by atoms with Crippen molar-refractivity contribution in [2.75, 3.05) is 19.8 Å². The predicted molar refractivity (Wildman–Crippen MR) is 146 cm³/mol. The molecule has 0 aromatic carbocycles. The average molecular weight is 563 g/mol. The Morgan fingerprint density at radius 3 is 1.74 bits per heavy atom. The largest absolute Gasteiger partial charge is 0.462 e. The van der Waals surface area contributed by atoms with Crippen molar-refractivity contribution in [1.82, 2.24) is 0 Å². The summed E-state index contributed by atoms with van der Waals surface area (Å²) in [6, 6.07) is 0. The summed E-state index contributed by atoms with van der Waals surface area (Å²) >= 11 is 0. The Morgan fingerprint density at radius 2 is 1.21 bits per heavy atom. The third kappa shape index (κ3) is 15.9. The van der Waals surface area contributed by atoms with Crippen LogP contribution in [0.3, 0.4) is 0 Å². The highest BCUT2D eigenvalue weighted by molar-refractivity contribution is 5.70. The van der Waals surface area contributed by atoms with E-state index in [1.807, 2.05) is 0 Å². The second-order valence-electron chi connectivity index (χ2n) is 10.6. The van der Waals surface area contributed by atoms with Gasteiger partial charge in [0.2, 0.25) is 0 Å². The van der Waals surface area contributed by atoms with Crippen LogP contribution >= 0.6 is 0 Å². The van der Waals surface area contributed by atoms with E-state index in [9.17, 15) is 30.0 Å². The SMILES string of the molecule is CCCCCCCCCC(=O)OC[C@H](CO[C@@H]1O[C@H](CO)[C@H](O)[C@H](O)[C@H]1O)OC(=O)CCCCCCCCC. The van der Waals surface area contributed by atoms with Crippen LogP contribution in [0.25, 0.3) is 0 Å². The molecule has 1 rings (SSSR count). The summed E-state index contributed by atoms with van der Waals surface area (Å²) < 4.78 is 21.8. The van der Waals surface area contributed by atoms with Crippen molar-refractivity contribution in [2.45, 2.75) is 153 Å². The maximum atomic E-state index is 12.5. The molecule has 1 saturated heterocycles. The lowest BCUT2D eigenvalue weighted by atomic mass is 9.99. The van der Waals surface area contributed by atoms with Crippen LogP contribution in [-0.4, -0.2) is 89.0 Å². The number of aliphatic hydroxyl groups is 4. The van der Waals surface area contributed by atoms with Crippen LogP contribution in [0.1, 0.15) is 117 Å². The lowest BCUT2D eigenvalue weighted by Gasteiger charge is -2.39. The van der Waals surface area contributed by atoms with Crippen LogP contribution in [-0.2, 0) is 28.5 Å². The summed E-state index contributed by atoms with van der Waals surface area (Å²) in [5, 5.41) is 39.5. The van der Waals surface area contributed by atoms with E-state index in [1.165, 1.54) is 38.5 Å². The highest BCUT2D eigenvalue weighted by atomic mass is 16.7. The Labute approximate surface area is 234 Å². The standard InChI is InChI=1S/C29H54O10/c1-3-5-7-9-11-13-15-17-24(31)36-20-22(38-25(32)18-16-14-12-10-8-6-4-2)21-37-29-28(35)27(34)26(33)23(19-30)39-29/h22-23,26-30,33-35H,3-21H2,1-2H3/t22-,23-,26+,27+,28-,29-/m1/s1. The van der Waals surface area contributed by atoms with E-state index in [0.29, 0.717) is 6.42 Å². The summed E-state index contributed by atoms with van der Waals surface area (Å²) in [4.78, 5) is 24.7. The number of hydrogen-bond donors (Lipinski definition) is 4. The molecule has 0 spiro atoms. The monoisotopic (exact) mass is 562 g/mol. The van der Waals surface area contributed by atoms with Gasteiger partial charge in [-0.05, 0) is 12.8 Å². The highest BCUT2D eigenvalue weighted by Crippen LogP contribution is 2.22.